The number of aromatic nitrogens is 2. The van der Waals surface area contributed by atoms with Crippen LogP contribution in [0.4, 0.5) is 22.7 Å². The highest BCUT2D eigenvalue weighted by molar-refractivity contribution is 7.26. The molecule has 0 spiro atoms. The number of nitrogens with zero attached hydrogens (tertiary/aromatic N) is 4. The summed E-state index contributed by atoms with van der Waals surface area (Å²) in [4.78, 5) is 9.75. The van der Waals surface area contributed by atoms with Crippen molar-refractivity contribution in [3.8, 4) is 39.6 Å². The van der Waals surface area contributed by atoms with E-state index in [4.69, 9.17) is 9.72 Å². The molecule has 290 valence electrons. The Bertz CT molecular complexity index is 3160. The Morgan fingerprint density at radius 3 is 1.90 bits per heavy atom. The quantitative estimate of drug-likeness (QED) is 0.161. The topological polar surface area (TPSA) is 33.5 Å². The van der Waals surface area contributed by atoms with E-state index in [9.17, 15) is 0 Å². The van der Waals surface area contributed by atoms with Gasteiger partial charge in [0.1, 0.15) is 24.0 Å². The molecule has 7 aromatic carbocycles. The molecule has 0 fully saturated rings. The smallest absolute Gasteiger partial charge is 0.137 e. The molecule has 1 aliphatic rings. The predicted octanol–water partition coefficient (Wildman–Crippen LogP) is 15.1. The van der Waals surface area contributed by atoms with Crippen LogP contribution in [0.2, 0.25) is 0 Å². The molecule has 0 unspecified atom stereocenters. The molecule has 0 N–H and O–H groups in total. The minimum Gasteiger partial charge on any atom is -0.457 e. The molecule has 0 saturated carbocycles. The van der Waals surface area contributed by atoms with Crippen LogP contribution in [0.25, 0.3) is 59.3 Å². The van der Waals surface area contributed by atoms with Crippen molar-refractivity contribution in [3.05, 3.63) is 194 Å². The monoisotopic (exact) mass is 794 g/mol. The number of pyridine rings is 1. The summed E-state index contributed by atoms with van der Waals surface area (Å²) < 4.78 is 11.6. The minimum absolute atomic E-state index is 0.0139. The second-order valence-electron chi connectivity index (χ2n) is 16.5. The first-order chi connectivity index (χ1) is 29.4. The number of fused-ring (bicyclic) bond motifs is 6. The van der Waals surface area contributed by atoms with Crippen LogP contribution in [-0.2, 0) is 5.41 Å². The van der Waals surface area contributed by atoms with Crippen molar-refractivity contribution in [2.75, 3.05) is 16.5 Å². The van der Waals surface area contributed by atoms with E-state index in [2.05, 4.69) is 211 Å². The number of ether oxygens (including phenoxy) is 1. The van der Waals surface area contributed by atoms with Crippen LogP contribution in [0.15, 0.2) is 188 Å². The first-order valence-electron chi connectivity index (χ1n) is 20.5. The largest absolute Gasteiger partial charge is 0.457 e. The van der Waals surface area contributed by atoms with Crippen molar-refractivity contribution in [1.82, 2.24) is 9.55 Å². The van der Waals surface area contributed by atoms with Gasteiger partial charge in [0.2, 0.25) is 0 Å². The summed E-state index contributed by atoms with van der Waals surface area (Å²) in [5.74, 6) is 2.46. The normalized spacial score (nSPS) is 12.8. The summed E-state index contributed by atoms with van der Waals surface area (Å²) in [7, 11) is 0. The minimum atomic E-state index is -0.0139. The van der Waals surface area contributed by atoms with E-state index in [0.717, 1.165) is 45.6 Å². The number of benzene rings is 7. The highest BCUT2D eigenvalue weighted by Crippen LogP contribution is 2.47. The Morgan fingerprint density at radius 2 is 1.18 bits per heavy atom. The van der Waals surface area contributed by atoms with Gasteiger partial charge in [-0.05, 0) is 106 Å². The average Bonchev–Trinajstić information content (AvgIpc) is 3.96. The van der Waals surface area contributed by atoms with E-state index < -0.39 is 0 Å². The molecule has 5 nitrogen and oxygen atoms in total. The van der Waals surface area contributed by atoms with Crippen LogP contribution in [0.5, 0.6) is 11.5 Å². The second kappa shape index (κ2) is 14.3. The SMILES string of the molecule is CC(C)(C)c1ccnc(-n2c3cc(Oc4cccc(N5CN(c6cc(-c7ccccc7)cc(-c7ccccc7)c6)c6ccccc65)c4)ccc3c3sc4ccccc4c32)c1. The van der Waals surface area contributed by atoms with Crippen molar-refractivity contribution in [2.24, 2.45) is 0 Å². The van der Waals surface area contributed by atoms with Gasteiger partial charge in [-0.3, -0.25) is 4.57 Å². The van der Waals surface area contributed by atoms with Crippen LogP contribution >= 0.6 is 11.3 Å². The lowest BCUT2D eigenvalue weighted by molar-refractivity contribution is 0.483. The summed E-state index contributed by atoms with van der Waals surface area (Å²) >= 11 is 1.84. The van der Waals surface area contributed by atoms with Crippen molar-refractivity contribution in [1.29, 1.82) is 0 Å². The lowest BCUT2D eigenvalue weighted by Gasteiger charge is -2.24. The van der Waals surface area contributed by atoms with E-state index in [1.165, 1.54) is 53.5 Å². The molecular weight excluding hydrogens is 753 g/mol. The van der Waals surface area contributed by atoms with Gasteiger partial charge >= 0.3 is 0 Å². The number of thiophene rings is 1. The number of para-hydroxylation sites is 2. The van der Waals surface area contributed by atoms with Gasteiger partial charge in [0.15, 0.2) is 0 Å². The fourth-order valence-corrected chi connectivity index (χ4v) is 9.84. The molecule has 6 heteroatoms. The van der Waals surface area contributed by atoms with Crippen LogP contribution in [0.3, 0.4) is 0 Å². The van der Waals surface area contributed by atoms with Gasteiger partial charge in [0.25, 0.3) is 0 Å². The van der Waals surface area contributed by atoms with Crippen molar-refractivity contribution < 1.29 is 4.74 Å². The zero-order valence-corrected chi connectivity index (χ0v) is 34.5. The predicted molar refractivity (Wildman–Crippen MR) is 252 cm³/mol. The van der Waals surface area contributed by atoms with Crippen LogP contribution < -0.4 is 14.5 Å². The third-order valence-corrected chi connectivity index (χ3v) is 12.8. The average molecular weight is 795 g/mol. The first-order valence-corrected chi connectivity index (χ1v) is 21.3. The second-order valence-corrected chi connectivity index (χ2v) is 17.6. The standard InChI is InChI=1S/C54H42N4OS/c1-54(2,3)40-27-28-55-51(32-40)58-49-34-44(25-26-45(49)53-52(58)46-21-10-13-24-50(46)60-53)59-43-20-14-19-41(33-43)56-35-57(48-23-12-11-22-47(48)56)42-30-38(36-15-6-4-7-16-36)29-39(31-42)37-17-8-5-9-18-37/h4-34H,35H2,1-3H3. The Labute approximate surface area is 354 Å². The third kappa shape index (κ3) is 6.28. The number of anilines is 4. The number of rotatable bonds is 7. The first kappa shape index (κ1) is 36.0. The maximum atomic E-state index is 6.77. The molecule has 0 radical (unpaired) electrons. The third-order valence-electron chi connectivity index (χ3n) is 11.6. The lowest BCUT2D eigenvalue weighted by atomic mass is 9.88. The Balaban J connectivity index is 0.965. The lowest BCUT2D eigenvalue weighted by Crippen LogP contribution is -2.24. The van der Waals surface area contributed by atoms with E-state index in [1.807, 2.05) is 23.6 Å². The zero-order valence-electron chi connectivity index (χ0n) is 33.7. The van der Waals surface area contributed by atoms with E-state index >= 15 is 0 Å². The molecule has 11 rings (SSSR count). The molecule has 0 amide bonds. The van der Waals surface area contributed by atoms with E-state index in [0.29, 0.717) is 6.67 Å². The molecule has 60 heavy (non-hydrogen) atoms. The molecule has 0 atom stereocenters. The highest BCUT2D eigenvalue weighted by atomic mass is 32.1. The van der Waals surface area contributed by atoms with Gasteiger partial charge < -0.3 is 14.5 Å². The molecule has 10 aromatic rings. The van der Waals surface area contributed by atoms with Gasteiger partial charge in [-0.15, -0.1) is 11.3 Å². The van der Waals surface area contributed by atoms with Crippen LogP contribution in [-0.4, -0.2) is 16.2 Å². The van der Waals surface area contributed by atoms with Gasteiger partial charge in [-0.25, -0.2) is 4.98 Å². The fourth-order valence-electron chi connectivity index (χ4n) is 8.62. The summed E-state index contributed by atoms with van der Waals surface area (Å²) in [5.41, 5.74) is 12.8. The van der Waals surface area contributed by atoms with Crippen molar-refractivity contribution in [3.63, 3.8) is 0 Å². The summed E-state index contributed by atoms with van der Waals surface area (Å²) in [6, 6.07) is 64.9. The number of hydrogen-bond donors (Lipinski definition) is 0. The zero-order chi connectivity index (χ0) is 40.4. The summed E-state index contributed by atoms with van der Waals surface area (Å²) in [6.45, 7) is 7.40. The fraction of sp³-hybridized carbons (Fsp3) is 0.0926. The van der Waals surface area contributed by atoms with Gasteiger partial charge in [-0.1, -0.05) is 118 Å². The van der Waals surface area contributed by atoms with E-state index in [-0.39, 0.29) is 5.41 Å². The molecule has 0 bridgehead atoms. The van der Waals surface area contributed by atoms with Gasteiger partial charge in [0, 0.05) is 45.2 Å². The van der Waals surface area contributed by atoms with Crippen LogP contribution in [0.1, 0.15) is 26.3 Å². The molecule has 1 aliphatic heterocycles. The molecule has 0 aliphatic carbocycles. The van der Waals surface area contributed by atoms with Gasteiger partial charge in [-0.2, -0.15) is 0 Å². The summed E-state index contributed by atoms with van der Waals surface area (Å²) in [5, 5.41) is 2.42. The Morgan fingerprint density at radius 1 is 0.533 bits per heavy atom. The van der Waals surface area contributed by atoms with Crippen LogP contribution in [0, 0.1) is 0 Å². The maximum Gasteiger partial charge on any atom is 0.137 e. The Hall–Kier alpha value is -7.15. The molecule has 0 saturated heterocycles. The molecular formula is C54H42N4OS. The molecule has 4 heterocycles. The Kier molecular flexibility index (Phi) is 8.57. The molecule has 3 aromatic heterocycles. The van der Waals surface area contributed by atoms with Gasteiger partial charge in [0.05, 0.1) is 27.1 Å². The van der Waals surface area contributed by atoms with Crippen molar-refractivity contribution in [2.45, 2.75) is 26.2 Å². The highest BCUT2D eigenvalue weighted by Gasteiger charge is 2.29. The van der Waals surface area contributed by atoms with E-state index in [1.54, 1.807) is 0 Å². The maximum absolute atomic E-state index is 6.77. The summed E-state index contributed by atoms with van der Waals surface area (Å²) in [6.07, 6.45) is 1.94. The van der Waals surface area contributed by atoms with Crippen molar-refractivity contribution >= 4 is 65.3 Å². The number of hydrogen-bond acceptors (Lipinski definition) is 5.